The van der Waals surface area contributed by atoms with Crippen LogP contribution in [0.15, 0.2) is 109 Å². The number of aryl methyl sites for hydroxylation is 2. The molecule has 7 aromatic carbocycles. The number of rotatable bonds is 0. The quantitative estimate of drug-likeness (QED) is 0.153. The summed E-state index contributed by atoms with van der Waals surface area (Å²) < 4.78 is 0. The van der Waals surface area contributed by atoms with Crippen LogP contribution in [0.25, 0.3) is 53.9 Å². The van der Waals surface area contributed by atoms with E-state index in [1.807, 2.05) is 27.7 Å². The molecule has 0 radical (unpaired) electrons. The average molecular weight is 469 g/mol. The van der Waals surface area contributed by atoms with E-state index in [0.29, 0.717) is 0 Å². The van der Waals surface area contributed by atoms with Crippen LogP contribution in [0.4, 0.5) is 0 Å². The molecule has 7 rings (SSSR count). The first-order chi connectivity index (χ1) is 17.7. The Balaban J connectivity index is 0.000000150. The van der Waals surface area contributed by atoms with Gasteiger partial charge in [-0.15, -0.1) is 0 Å². The molecule has 0 heteroatoms. The standard InChI is InChI=1S/C17H12.C15H12.2C2H6/c1-11-5-6-14-8-7-12-3-2-4-13-9-10-15(11)17(14)16(12)13;1-11-14-8-4-2-6-12(14)10-13-7-3-5-9-15(11)13;2*1-2/h2-10H,1H3;2-10H,1H3;2*1-2H3. The van der Waals surface area contributed by atoms with Gasteiger partial charge < -0.3 is 0 Å². The maximum absolute atomic E-state index is 2.26. The van der Waals surface area contributed by atoms with Crippen LogP contribution in [0.1, 0.15) is 38.8 Å². The summed E-state index contributed by atoms with van der Waals surface area (Å²) in [6.45, 7) is 12.4. The average Bonchev–Trinajstić information content (AvgIpc) is 2.95. The summed E-state index contributed by atoms with van der Waals surface area (Å²) in [5, 5.41) is 13.6. The number of benzene rings is 7. The van der Waals surface area contributed by atoms with Crippen LogP contribution in [0.5, 0.6) is 0 Å². The van der Waals surface area contributed by atoms with Gasteiger partial charge in [-0.25, -0.2) is 0 Å². The van der Waals surface area contributed by atoms with E-state index in [9.17, 15) is 0 Å². The highest BCUT2D eigenvalue weighted by Crippen LogP contribution is 2.35. The van der Waals surface area contributed by atoms with E-state index in [1.165, 1.54) is 65.0 Å². The van der Waals surface area contributed by atoms with E-state index in [2.05, 4.69) is 123 Å². The number of hydrogen-bond donors (Lipinski definition) is 0. The van der Waals surface area contributed by atoms with Crippen molar-refractivity contribution in [3.8, 4) is 0 Å². The molecular formula is C36H36. The monoisotopic (exact) mass is 468 g/mol. The minimum Gasteiger partial charge on any atom is -0.0683 e. The van der Waals surface area contributed by atoms with E-state index in [-0.39, 0.29) is 0 Å². The molecule has 0 saturated carbocycles. The van der Waals surface area contributed by atoms with Gasteiger partial charge in [-0.2, -0.15) is 0 Å². The number of hydrogen-bond acceptors (Lipinski definition) is 0. The lowest BCUT2D eigenvalue weighted by atomic mass is 9.92. The van der Waals surface area contributed by atoms with Crippen molar-refractivity contribution in [2.75, 3.05) is 0 Å². The fraction of sp³-hybridized carbons (Fsp3) is 0.167. The minimum absolute atomic E-state index is 1.33. The molecule has 0 aliphatic rings. The van der Waals surface area contributed by atoms with E-state index >= 15 is 0 Å². The van der Waals surface area contributed by atoms with Crippen molar-refractivity contribution in [3.63, 3.8) is 0 Å². The Morgan fingerprint density at radius 2 is 0.806 bits per heavy atom. The van der Waals surface area contributed by atoms with Gasteiger partial charge in [0.1, 0.15) is 0 Å². The lowest BCUT2D eigenvalue weighted by Gasteiger charge is -2.11. The Kier molecular flexibility index (Phi) is 7.86. The Morgan fingerprint density at radius 1 is 0.361 bits per heavy atom. The van der Waals surface area contributed by atoms with Crippen LogP contribution in [0.2, 0.25) is 0 Å². The van der Waals surface area contributed by atoms with Crippen LogP contribution in [0.3, 0.4) is 0 Å². The van der Waals surface area contributed by atoms with Gasteiger partial charge in [-0.1, -0.05) is 131 Å². The molecule has 0 unspecified atom stereocenters. The predicted molar refractivity (Wildman–Crippen MR) is 164 cm³/mol. The summed E-state index contributed by atoms with van der Waals surface area (Å²) in [6.07, 6.45) is 0. The van der Waals surface area contributed by atoms with Gasteiger partial charge >= 0.3 is 0 Å². The zero-order valence-corrected chi connectivity index (χ0v) is 22.4. The Bertz CT molecular complexity index is 1670. The Labute approximate surface area is 215 Å². The fourth-order valence-electron chi connectivity index (χ4n) is 5.12. The zero-order chi connectivity index (χ0) is 25.7. The van der Waals surface area contributed by atoms with Crippen LogP contribution in [-0.2, 0) is 0 Å². The first kappa shape index (κ1) is 25.2. The molecular weight excluding hydrogens is 432 g/mol. The molecule has 0 aliphatic carbocycles. The van der Waals surface area contributed by atoms with Gasteiger partial charge in [0.05, 0.1) is 0 Å². The van der Waals surface area contributed by atoms with Crippen molar-refractivity contribution < 1.29 is 0 Å². The summed E-state index contributed by atoms with van der Waals surface area (Å²) in [6, 6.07) is 39.3. The lowest BCUT2D eigenvalue weighted by molar-refractivity contribution is 1.50. The van der Waals surface area contributed by atoms with Gasteiger partial charge in [0, 0.05) is 0 Å². The van der Waals surface area contributed by atoms with Gasteiger partial charge in [-0.3, -0.25) is 0 Å². The Morgan fingerprint density at radius 3 is 1.39 bits per heavy atom. The maximum atomic E-state index is 2.26. The summed E-state index contributed by atoms with van der Waals surface area (Å²) in [5.41, 5.74) is 2.74. The third-order valence-electron chi connectivity index (χ3n) is 6.79. The smallest absolute Gasteiger partial charge is 0.00241 e. The van der Waals surface area contributed by atoms with Crippen molar-refractivity contribution in [1.82, 2.24) is 0 Å². The van der Waals surface area contributed by atoms with Crippen molar-refractivity contribution in [1.29, 1.82) is 0 Å². The highest BCUT2D eigenvalue weighted by atomic mass is 14.1. The van der Waals surface area contributed by atoms with Crippen molar-refractivity contribution >= 4 is 53.9 Å². The largest absolute Gasteiger partial charge is 0.0683 e. The van der Waals surface area contributed by atoms with Gasteiger partial charge in [0.2, 0.25) is 0 Å². The normalized spacial score (nSPS) is 10.5. The fourth-order valence-corrected chi connectivity index (χ4v) is 5.12. The lowest BCUT2D eigenvalue weighted by Crippen LogP contribution is -1.85. The summed E-state index contributed by atoms with van der Waals surface area (Å²) in [4.78, 5) is 0. The van der Waals surface area contributed by atoms with Gasteiger partial charge in [-0.05, 0) is 84.9 Å². The Hall–Kier alpha value is -3.90. The van der Waals surface area contributed by atoms with Crippen LogP contribution in [-0.4, -0.2) is 0 Å². The molecule has 0 fully saturated rings. The molecule has 0 spiro atoms. The molecule has 7 aromatic rings. The van der Waals surface area contributed by atoms with Crippen molar-refractivity contribution in [2.24, 2.45) is 0 Å². The van der Waals surface area contributed by atoms with Crippen LogP contribution < -0.4 is 0 Å². The van der Waals surface area contributed by atoms with Crippen LogP contribution in [0, 0.1) is 13.8 Å². The van der Waals surface area contributed by atoms with Gasteiger partial charge in [0.25, 0.3) is 0 Å². The van der Waals surface area contributed by atoms with Crippen molar-refractivity contribution in [3.05, 3.63) is 120 Å². The predicted octanol–water partition coefficient (Wildman–Crippen LogP) is 11.2. The summed E-state index contributed by atoms with van der Waals surface area (Å²) in [7, 11) is 0. The summed E-state index contributed by atoms with van der Waals surface area (Å²) in [5.74, 6) is 0. The van der Waals surface area contributed by atoms with E-state index in [0.717, 1.165) is 0 Å². The minimum atomic E-state index is 1.33. The van der Waals surface area contributed by atoms with E-state index in [1.54, 1.807) is 0 Å². The molecule has 0 bridgehead atoms. The molecule has 0 aliphatic heterocycles. The molecule has 0 nitrogen and oxygen atoms in total. The van der Waals surface area contributed by atoms with Crippen molar-refractivity contribution in [2.45, 2.75) is 41.5 Å². The number of fused-ring (bicyclic) bond motifs is 2. The van der Waals surface area contributed by atoms with Gasteiger partial charge in [0.15, 0.2) is 0 Å². The topological polar surface area (TPSA) is 0 Å². The molecule has 0 heterocycles. The molecule has 36 heavy (non-hydrogen) atoms. The van der Waals surface area contributed by atoms with E-state index in [4.69, 9.17) is 0 Å². The first-order valence-electron chi connectivity index (χ1n) is 13.2. The van der Waals surface area contributed by atoms with E-state index < -0.39 is 0 Å². The molecule has 0 N–H and O–H groups in total. The molecule has 180 valence electrons. The molecule has 0 saturated heterocycles. The maximum Gasteiger partial charge on any atom is -0.00241 e. The SMILES string of the molecule is CC.CC.Cc1c2ccccc2cc2ccccc12.Cc1ccc2ccc3cccc4ccc1c2c34. The summed E-state index contributed by atoms with van der Waals surface area (Å²) >= 11 is 0. The molecule has 0 aromatic heterocycles. The highest BCUT2D eigenvalue weighted by Gasteiger charge is 2.08. The second-order valence-corrected chi connectivity index (χ2v) is 8.68. The third-order valence-corrected chi connectivity index (χ3v) is 6.79. The molecule has 0 amide bonds. The van der Waals surface area contributed by atoms with Crippen LogP contribution >= 0.6 is 0 Å². The highest BCUT2D eigenvalue weighted by molar-refractivity contribution is 6.23. The zero-order valence-electron chi connectivity index (χ0n) is 22.4. The second-order valence-electron chi connectivity index (χ2n) is 8.68. The first-order valence-corrected chi connectivity index (χ1v) is 13.2. The third kappa shape index (κ3) is 4.52. The molecule has 0 atom stereocenters. The second kappa shape index (κ2) is 11.2.